The van der Waals surface area contributed by atoms with Crippen LogP contribution >= 0.6 is 11.6 Å². The van der Waals surface area contributed by atoms with Crippen molar-refractivity contribution in [3.05, 3.63) is 77.0 Å². The maximum atomic E-state index is 12.2. The number of amides is 1. The van der Waals surface area contributed by atoms with Crippen molar-refractivity contribution in [2.45, 2.75) is 13.5 Å². The number of piperazine rings is 1. The fourth-order valence-corrected chi connectivity index (χ4v) is 3.22. The quantitative estimate of drug-likeness (QED) is 0.809. The third kappa shape index (κ3) is 5.35. The van der Waals surface area contributed by atoms with Gasteiger partial charge in [0.15, 0.2) is 0 Å². The van der Waals surface area contributed by atoms with Gasteiger partial charge in [0.05, 0.1) is 0 Å². The first-order valence-electron chi connectivity index (χ1n) is 8.86. The predicted molar refractivity (Wildman–Crippen MR) is 107 cm³/mol. The molecule has 4 nitrogen and oxygen atoms in total. The van der Waals surface area contributed by atoms with Crippen LogP contribution < -0.4 is 5.32 Å². The molecule has 26 heavy (non-hydrogen) atoms. The number of allylic oxidation sites excluding steroid dienone is 1. The first-order valence-corrected chi connectivity index (χ1v) is 9.24. The number of hydrogen-bond donors (Lipinski definition) is 1. The molecule has 1 saturated heterocycles. The normalized spacial score (nSPS) is 15.8. The Hall–Kier alpha value is -2.30. The standard InChI is InChI=1S/C21H24ClN3O/c1-17(15-21(26)23-20-9-7-19(22)8-10-20)25-13-11-24(12-14-25)16-18-5-3-2-4-6-18/h2-10,15H,11-14,16H2,1H3,(H,23,26)/b17-15-. The van der Waals surface area contributed by atoms with E-state index in [1.54, 1.807) is 30.3 Å². The van der Waals surface area contributed by atoms with E-state index in [0.29, 0.717) is 5.02 Å². The first kappa shape index (κ1) is 18.5. The highest BCUT2D eigenvalue weighted by molar-refractivity contribution is 6.30. The Labute approximate surface area is 160 Å². The Bertz CT molecular complexity index is 751. The molecule has 0 unspecified atom stereocenters. The van der Waals surface area contributed by atoms with Crippen molar-refractivity contribution in [1.82, 2.24) is 9.80 Å². The van der Waals surface area contributed by atoms with Gasteiger partial charge in [0.1, 0.15) is 0 Å². The molecule has 2 aromatic rings. The lowest BCUT2D eigenvalue weighted by Crippen LogP contribution is -2.45. The molecule has 3 rings (SSSR count). The van der Waals surface area contributed by atoms with Crippen molar-refractivity contribution in [1.29, 1.82) is 0 Å². The molecule has 136 valence electrons. The van der Waals surface area contributed by atoms with Gasteiger partial charge in [0.25, 0.3) is 0 Å². The van der Waals surface area contributed by atoms with Gasteiger partial charge in [-0.1, -0.05) is 41.9 Å². The van der Waals surface area contributed by atoms with Crippen LogP contribution in [0.25, 0.3) is 0 Å². The van der Waals surface area contributed by atoms with Gasteiger partial charge >= 0.3 is 0 Å². The number of anilines is 1. The lowest BCUT2D eigenvalue weighted by atomic mass is 10.2. The largest absolute Gasteiger partial charge is 0.372 e. The minimum Gasteiger partial charge on any atom is -0.372 e. The molecule has 1 fully saturated rings. The first-order chi connectivity index (χ1) is 12.6. The van der Waals surface area contributed by atoms with Crippen LogP contribution in [0.5, 0.6) is 0 Å². The molecule has 0 spiro atoms. The Balaban J connectivity index is 1.49. The van der Waals surface area contributed by atoms with E-state index in [9.17, 15) is 4.79 Å². The average molecular weight is 370 g/mol. The summed E-state index contributed by atoms with van der Waals surface area (Å²) in [5, 5.41) is 3.53. The summed E-state index contributed by atoms with van der Waals surface area (Å²) in [6.07, 6.45) is 1.67. The van der Waals surface area contributed by atoms with Crippen molar-refractivity contribution in [3.8, 4) is 0 Å². The van der Waals surface area contributed by atoms with Crippen LogP contribution in [0.2, 0.25) is 5.02 Å². The van der Waals surface area contributed by atoms with Gasteiger partial charge in [-0.15, -0.1) is 0 Å². The second-order valence-corrected chi connectivity index (χ2v) is 6.97. The molecule has 5 heteroatoms. The molecule has 0 bridgehead atoms. The zero-order valence-electron chi connectivity index (χ0n) is 15.0. The van der Waals surface area contributed by atoms with Crippen LogP contribution in [0.3, 0.4) is 0 Å². The summed E-state index contributed by atoms with van der Waals surface area (Å²) in [6.45, 7) is 6.84. The van der Waals surface area contributed by atoms with Crippen molar-refractivity contribution in [3.63, 3.8) is 0 Å². The summed E-state index contributed by atoms with van der Waals surface area (Å²) in [7, 11) is 0. The molecule has 0 aromatic heterocycles. The number of halogens is 1. The van der Waals surface area contributed by atoms with Crippen molar-refractivity contribution < 1.29 is 4.79 Å². The van der Waals surface area contributed by atoms with Crippen molar-refractivity contribution >= 4 is 23.2 Å². The monoisotopic (exact) mass is 369 g/mol. The van der Waals surface area contributed by atoms with E-state index in [4.69, 9.17) is 11.6 Å². The van der Waals surface area contributed by atoms with E-state index >= 15 is 0 Å². The number of carbonyl (C=O) groups excluding carboxylic acids is 1. The smallest absolute Gasteiger partial charge is 0.250 e. The molecular formula is C21H24ClN3O. The molecule has 0 atom stereocenters. The molecular weight excluding hydrogens is 346 g/mol. The maximum absolute atomic E-state index is 12.2. The van der Waals surface area contributed by atoms with Crippen LogP contribution in [0, 0.1) is 0 Å². The molecule has 1 N–H and O–H groups in total. The maximum Gasteiger partial charge on any atom is 0.250 e. The third-order valence-electron chi connectivity index (χ3n) is 4.57. The number of carbonyl (C=O) groups is 1. The minimum absolute atomic E-state index is 0.114. The fourth-order valence-electron chi connectivity index (χ4n) is 3.09. The highest BCUT2D eigenvalue weighted by atomic mass is 35.5. The molecule has 1 aliphatic rings. The van der Waals surface area contributed by atoms with Gasteiger partial charge in [-0.3, -0.25) is 9.69 Å². The zero-order chi connectivity index (χ0) is 18.4. The second-order valence-electron chi connectivity index (χ2n) is 6.53. The molecule has 0 radical (unpaired) electrons. The Morgan fingerprint density at radius 1 is 1.04 bits per heavy atom. The predicted octanol–water partition coefficient (Wildman–Crippen LogP) is 4.00. The van der Waals surface area contributed by atoms with Crippen molar-refractivity contribution in [2.24, 2.45) is 0 Å². The molecule has 2 aromatic carbocycles. The number of rotatable bonds is 5. The molecule has 1 amide bonds. The summed E-state index contributed by atoms with van der Waals surface area (Å²) in [4.78, 5) is 16.9. The Kier molecular flexibility index (Phi) is 6.31. The van der Waals surface area contributed by atoms with Gasteiger partial charge in [0.2, 0.25) is 5.91 Å². The fraction of sp³-hybridized carbons (Fsp3) is 0.286. The highest BCUT2D eigenvalue weighted by Crippen LogP contribution is 2.15. The van der Waals surface area contributed by atoms with E-state index in [2.05, 4.69) is 39.4 Å². The lowest BCUT2D eigenvalue weighted by Gasteiger charge is -2.36. The third-order valence-corrected chi connectivity index (χ3v) is 4.82. The molecule has 1 aliphatic heterocycles. The number of nitrogens with zero attached hydrogens (tertiary/aromatic N) is 2. The van der Waals surface area contributed by atoms with E-state index in [1.165, 1.54) is 5.56 Å². The Morgan fingerprint density at radius 2 is 1.69 bits per heavy atom. The zero-order valence-corrected chi connectivity index (χ0v) is 15.7. The van der Waals surface area contributed by atoms with Gasteiger partial charge in [0, 0.05) is 55.2 Å². The SMILES string of the molecule is C/C(=C/C(=O)Nc1ccc(Cl)cc1)N1CCN(Cc2ccccc2)CC1. The highest BCUT2D eigenvalue weighted by Gasteiger charge is 2.17. The van der Waals surface area contributed by atoms with Crippen LogP contribution in [-0.4, -0.2) is 41.9 Å². The van der Waals surface area contributed by atoms with Gasteiger partial charge in [-0.2, -0.15) is 0 Å². The van der Waals surface area contributed by atoms with E-state index in [1.807, 2.05) is 13.0 Å². The molecule has 1 heterocycles. The molecule has 0 saturated carbocycles. The molecule has 0 aliphatic carbocycles. The van der Waals surface area contributed by atoms with Crippen LogP contribution in [0.1, 0.15) is 12.5 Å². The average Bonchev–Trinajstić information content (AvgIpc) is 2.65. The number of hydrogen-bond acceptors (Lipinski definition) is 3. The van der Waals surface area contributed by atoms with Crippen LogP contribution in [0.4, 0.5) is 5.69 Å². The summed E-state index contributed by atoms with van der Waals surface area (Å²) < 4.78 is 0. The minimum atomic E-state index is -0.114. The van der Waals surface area contributed by atoms with Crippen LogP contribution in [0.15, 0.2) is 66.4 Å². The van der Waals surface area contributed by atoms with Gasteiger partial charge < -0.3 is 10.2 Å². The Morgan fingerprint density at radius 3 is 2.35 bits per heavy atom. The summed E-state index contributed by atoms with van der Waals surface area (Å²) >= 11 is 5.86. The van der Waals surface area contributed by atoms with Crippen LogP contribution in [-0.2, 0) is 11.3 Å². The summed E-state index contributed by atoms with van der Waals surface area (Å²) in [5.74, 6) is -0.114. The van der Waals surface area contributed by atoms with E-state index in [0.717, 1.165) is 44.1 Å². The number of benzene rings is 2. The summed E-state index contributed by atoms with van der Waals surface area (Å²) in [6, 6.07) is 17.7. The second kappa shape index (κ2) is 8.88. The van der Waals surface area contributed by atoms with E-state index in [-0.39, 0.29) is 5.91 Å². The summed E-state index contributed by atoms with van der Waals surface area (Å²) in [5.41, 5.74) is 3.09. The lowest BCUT2D eigenvalue weighted by molar-refractivity contribution is -0.112. The topological polar surface area (TPSA) is 35.6 Å². The van der Waals surface area contributed by atoms with Gasteiger partial charge in [-0.25, -0.2) is 0 Å². The van der Waals surface area contributed by atoms with Gasteiger partial charge in [-0.05, 0) is 36.8 Å². The van der Waals surface area contributed by atoms with E-state index < -0.39 is 0 Å². The number of nitrogens with one attached hydrogen (secondary N) is 1. The van der Waals surface area contributed by atoms with Crippen molar-refractivity contribution in [2.75, 3.05) is 31.5 Å².